The Morgan fingerprint density at radius 1 is 0.933 bits per heavy atom. The highest BCUT2D eigenvalue weighted by Crippen LogP contribution is 2.20. The molecule has 6 heteroatoms. The molecule has 0 fully saturated rings. The molecule has 1 heterocycles. The Morgan fingerprint density at radius 2 is 1.67 bits per heavy atom. The molecule has 0 aliphatic heterocycles. The Labute approximate surface area is 174 Å². The zero-order valence-electron chi connectivity index (χ0n) is 16.6. The van der Waals surface area contributed by atoms with E-state index < -0.39 is 11.9 Å². The number of nitrogens with one attached hydrogen (secondary N) is 1. The highest BCUT2D eigenvalue weighted by atomic mass is 16.5. The molecule has 152 valence electrons. The molecule has 0 saturated heterocycles. The molecule has 0 saturated carbocycles. The summed E-state index contributed by atoms with van der Waals surface area (Å²) in [6.07, 6.45) is 3.05. The van der Waals surface area contributed by atoms with E-state index in [1.807, 2.05) is 18.2 Å². The van der Waals surface area contributed by atoms with E-state index in [0.717, 1.165) is 0 Å². The number of aromatic nitrogens is 1. The Kier molecular flexibility index (Phi) is 7.05. The second kappa shape index (κ2) is 10.1. The van der Waals surface area contributed by atoms with Gasteiger partial charge in [-0.3, -0.25) is 19.4 Å². The van der Waals surface area contributed by atoms with Crippen LogP contribution in [0.2, 0.25) is 0 Å². The van der Waals surface area contributed by atoms with Gasteiger partial charge in [0.05, 0.1) is 18.0 Å². The van der Waals surface area contributed by atoms with E-state index in [1.165, 1.54) is 6.20 Å². The number of rotatable bonds is 8. The molecule has 1 N–H and O–H groups in total. The number of pyridine rings is 1. The summed E-state index contributed by atoms with van der Waals surface area (Å²) >= 11 is 0. The molecule has 1 unspecified atom stereocenters. The van der Waals surface area contributed by atoms with Crippen molar-refractivity contribution in [3.05, 3.63) is 101 Å². The normalized spacial score (nSPS) is 11.4. The van der Waals surface area contributed by atoms with E-state index in [2.05, 4.69) is 10.3 Å². The van der Waals surface area contributed by atoms with Crippen molar-refractivity contribution in [3.63, 3.8) is 0 Å². The number of ether oxygens (including phenoxy) is 1. The first kappa shape index (κ1) is 20.9. The Hall–Kier alpha value is -3.80. The van der Waals surface area contributed by atoms with Crippen LogP contribution in [0.3, 0.4) is 0 Å². The predicted molar refractivity (Wildman–Crippen MR) is 112 cm³/mol. The van der Waals surface area contributed by atoms with Crippen LogP contribution in [0.15, 0.2) is 79.1 Å². The van der Waals surface area contributed by atoms with Crippen LogP contribution < -0.4 is 5.32 Å². The summed E-state index contributed by atoms with van der Waals surface area (Å²) in [7, 11) is 0. The number of carbonyl (C=O) groups is 3. The number of ketones is 1. The standard InChI is InChI=1S/C24H22N2O4/c1-17(24(29)30-14-13-26-23(28)21-11-6-12-25-16-21)19-9-5-10-20(15-19)22(27)18-7-3-2-4-8-18/h2-12,15-17H,13-14H2,1H3,(H,26,28). The van der Waals surface area contributed by atoms with E-state index in [9.17, 15) is 14.4 Å². The summed E-state index contributed by atoms with van der Waals surface area (Å²) in [4.78, 5) is 40.8. The van der Waals surface area contributed by atoms with Gasteiger partial charge < -0.3 is 10.1 Å². The fourth-order valence-corrected chi connectivity index (χ4v) is 2.88. The Bertz CT molecular complexity index is 1020. The molecule has 0 aliphatic rings. The van der Waals surface area contributed by atoms with Crippen LogP contribution >= 0.6 is 0 Å². The van der Waals surface area contributed by atoms with Crippen LogP contribution in [0.5, 0.6) is 0 Å². The highest BCUT2D eigenvalue weighted by molar-refractivity contribution is 6.09. The molecule has 30 heavy (non-hydrogen) atoms. The van der Waals surface area contributed by atoms with Crippen molar-refractivity contribution >= 4 is 17.7 Å². The first-order valence-electron chi connectivity index (χ1n) is 9.61. The van der Waals surface area contributed by atoms with Crippen LogP contribution in [0.4, 0.5) is 0 Å². The summed E-state index contributed by atoms with van der Waals surface area (Å²) in [5.74, 6) is -1.34. The van der Waals surface area contributed by atoms with E-state index >= 15 is 0 Å². The minimum Gasteiger partial charge on any atom is -0.463 e. The zero-order chi connectivity index (χ0) is 21.3. The number of esters is 1. The van der Waals surface area contributed by atoms with Crippen LogP contribution in [0.1, 0.15) is 44.7 Å². The van der Waals surface area contributed by atoms with Crippen molar-refractivity contribution in [2.75, 3.05) is 13.2 Å². The number of benzene rings is 2. The summed E-state index contributed by atoms with van der Waals surface area (Å²) in [5, 5.41) is 2.67. The van der Waals surface area contributed by atoms with Gasteiger partial charge in [0.25, 0.3) is 5.91 Å². The molecule has 0 spiro atoms. The summed E-state index contributed by atoms with van der Waals surface area (Å²) in [6.45, 7) is 1.97. The lowest BCUT2D eigenvalue weighted by atomic mass is 9.96. The SMILES string of the molecule is CC(C(=O)OCCNC(=O)c1cccnc1)c1cccc(C(=O)c2ccccc2)c1. The fraction of sp³-hybridized carbons (Fsp3) is 0.167. The zero-order valence-corrected chi connectivity index (χ0v) is 16.6. The maximum Gasteiger partial charge on any atom is 0.313 e. The van der Waals surface area contributed by atoms with Crippen molar-refractivity contribution in [1.29, 1.82) is 0 Å². The van der Waals surface area contributed by atoms with Crippen LogP contribution in [-0.4, -0.2) is 35.8 Å². The Morgan fingerprint density at radius 3 is 2.40 bits per heavy atom. The van der Waals surface area contributed by atoms with Gasteiger partial charge in [-0.1, -0.05) is 48.5 Å². The average molecular weight is 402 g/mol. The molecule has 6 nitrogen and oxygen atoms in total. The molecule has 3 rings (SSSR count). The van der Waals surface area contributed by atoms with Gasteiger partial charge in [-0.15, -0.1) is 0 Å². The van der Waals surface area contributed by atoms with Gasteiger partial charge in [0.15, 0.2) is 5.78 Å². The quantitative estimate of drug-likeness (QED) is 0.355. The minimum absolute atomic E-state index is 0.0534. The largest absolute Gasteiger partial charge is 0.463 e. The van der Waals surface area contributed by atoms with Crippen LogP contribution in [-0.2, 0) is 9.53 Å². The summed E-state index contributed by atoms with van der Waals surface area (Å²) in [6, 6.07) is 19.3. The molecule has 0 aliphatic carbocycles. The number of hydrogen-bond acceptors (Lipinski definition) is 5. The van der Waals surface area contributed by atoms with E-state index in [4.69, 9.17) is 4.74 Å². The average Bonchev–Trinajstić information content (AvgIpc) is 2.81. The highest BCUT2D eigenvalue weighted by Gasteiger charge is 2.19. The van der Waals surface area contributed by atoms with Crippen molar-refractivity contribution in [3.8, 4) is 0 Å². The molecular formula is C24H22N2O4. The number of carbonyl (C=O) groups excluding carboxylic acids is 3. The summed E-state index contributed by atoms with van der Waals surface area (Å²) < 4.78 is 5.28. The molecule has 1 atom stereocenters. The molecular weight excluding hydrogens is 380 g/mol. The third-order valence-corrected chi connectivity index (χ3v) is 4.59. The third-order valence-electron chi connectivity index (χ3n) is 4.59. The van der Waals surface area contributed by atoms with Crippen LogP contribution in [0.25, 0.3) is 0 Å². The first-order chi connectivity index (χ1) is 14.6. The molecule has 0 bridgehead atoms. The lowest BCUT2D eigenvalue weighted by molar-refractivity contribution is -0.144. The fourth-order valence-electron chi connectivity index (χ4n) is 2.88. The molecule has 1 amide bonds. The second-order valence-electron chi connectivity index (χ2n) is 6.71. The third kappa shape index (κ3) is 5.38. The van der Waals surface area contributed by atoms with Gasteiger partial charge in [0.2, 0.25) is 0 Å². The first-order valence-corrected chi connectivity index (χ1v) is 9.61. The van der Waals surface area contributed by atoms with Gasteiger partial charge in [-0.25, -0.2) is 0 Å². The van der Waals surface area contributed by atoms with Crippen molar-refractivity contribution in [2.24, 2.45) is 0 Å². The van der Waals surface area contributed by atoms with E-state index in [0.29, 0.717) is 22.3 Å². The molecule has 2 aromatic carbocycles. The van der Waals surface area contributed by atoms with E-state index in [1.54, 1.807) is 61.7 Å². The van der Waals surface area contributed by atoms with Gasteiger partial charge in [0.1, 0.15) is 6.61 Å². The molecule has 1 aromatic heterocycles. The topological polar surface area (TPSA) is 85.4 Å². The monoisotopic (exact) mass is 402 g/mol. The lowest BCUT2D eigenvalue weighted by Gasteiger charge is -2.13. The minimum atomic E-state index is -0.539. The molecule has 0 radical (unpaired) electrons. The summed E-state index contributed by atoms with van der Waals surface area (Å²) in [5.41, 5.74) is 2.24. The van der Waals surface area contributed by atoms with Gasteiger partial charge >= 0.3 is 5.97 Å². The number of nitrogens with zero attached hydrogens (tertiary/aromatic N) is 1. The number of hydrogen-bond donors (Lipinski definition) is 1. The predicted octanol–water partition coefficient (Wildman–Crippen LogP) is 3.39. The van der Waals surface area contributed by atoms with Gasteiger partial charge in [0, 0.05) is 23.5 Å². The maximum absolute atomic E-state index is 12.6. The van der Waals surface area contributed by atoms with E-state index in [-0.39, 0.29) is 24.8 Å². The lowest BCUT2D eigenvalue weighted by Crippen LogP contribution is -2.28. The van der Waals surface area contributed by atoms with Crippen molar-refractivity contribution in [2.45, 2.75) is 12.8 Å². The smallest absolute Gasteiger partial charge is 0.313 e. The van der Waals surface area contributed by atoms with Gasteiger partial charge in [-0.05, 0) is 30.7 Å². The van der Waals surface area contributed by atoms with Crippen molar-refractivity contribution < 1.29 is 19.1 Å². The van der Waals surface area contributed by atoms with Crippen LogP contribution in [0, 0.1) is 0 Å². The Balaban J connectivity index is 1.53. The maximum atomic E-state index is 12.6. The second-order valence-corrected chi connectivity index (χ2v) is 6.71. The van der Waals surface area contributed by atoms with Gasteiger partial charge in [-0.2, -0.15) is 0 Å². The van der Waals surface area contributed by atoms with Crippen molar-refractivity contribution in [1.82, 2.24) is 10.3 Å². The number of amides is 1. The molecule has 3 aromatic rings.